The molecular formula is C18H24ClN3O3S. The predicted octanol–water partition coefficient (Wildman–Crippen LogP) is 1.80. The number of piperidine rings is 1. The molecule has 0 spiro atoms. The van der Waals surface area contributed by atoms with Crippen LogP contribution in [-0.2, 0) is 14.8 Å². The molecule has 0 radical (unpaired) electrons. The van der Waals surface area contributed by atoms with E-state index in [4.69, 9.17) is 0 Å². The zero-order valence-electron chi connectivity index (χ0n) is 14.4. The molecule has 2 aromatic rings. The van der Waals surface area contributed by atoms with Crippen LogP contribution in [0.15, 0.2) is 47.4 Å². The molecule has 0 unspecified atom stereocenters. The van der Waals surface area contributed by atoms with Crippen LogP contribution < -0.4 is 15.4 Å². The number of carbonyl (C=O) groups excluding carboxylic acids is 1. The number of fused-ring (bicyclic) bond motifs is 1. The van der Waals surface area contributed by atoms with Gasteiger partial charge < -0.3 is 10.6 Å². The van der Waals surface area contributed by atoms with Crippen molar-refractivity contribution >= 4 is 39.1 Å². The van der Waals surface area contributed by atoms with Crippen LogP contribution >= 0.6 is 12.4 Å². The van der Waals surface area contributed by atoms with Crippen LogP contribution in [0.1, 0.15) is 19.3 Å². The monoisotopic (exact) mass is 397 g/mol. The fraction of sp³-hybridized carbons (Fsp3) is 0.389. The van der Waals surface area contributed by atoms with Gasteiger partial charge in [0.2, 0.25) is 15.9 Å². The van der Waals surface area contributed by atoms with Crippen LogP contribution in [-0.4, -0.2) is 40.0 Å². The first kappa shape index (κ1) is 20.6. The summed E-state index contributed by atoms with van der Waals surface area (Å²) < 4.78 is 27.3. The third-order valence-electron chi connectivity index (χ3n) is 4.38. The average Bonchev–Trinajstić information content (AvgIpc) is 2.62. The lowest BCUT2D eigenvalue weighted by Gasteiger charge is -2.23. The molecule has 3 rings (SSSR count). The molecule has 0 atom stereocenters. The minimum absolute atomic E-state index is 0. The smallest absolute Gasteiger partial charge is 0.240 e. The van der Waals surface area contributed by atoms with Crippen molar-refractivity contribution in [3.05, 3.63) is 42.5 Å². The van der Waals surface area contributed by atoms with Crippen molar-refractivity contribution in [1.29, 1.82) is 0 Å². The summed E-state index contributed by atoms with van der Waals surface area (Å²) in [5, 5.41) is 8.05. The van der Waals surface area contributed by atoms with Gasteiger partial charge in [-0.1, -0.05) is 30.3 Å². The number of hydrogen-bond acceptors (Lipinski definition) is 4. The van der Waals surface area contributed by atoms with Crippen LogP contribution in [0, 0.1) is 0 Å². The van der Waals surface area contributed by atoms with Crippen LogP contribution in [0.4, 0.5) is 0 Å². The Bertz CT molecular complexity index is 852. The molecule has 1 heterocycles. The van der Waals surface area contributed by atoms with Gasteiger partial charge in [-0.3, -0.25) is 4.79 Å². The Morgan fingerprint density at radius 1 is 1.08 bits per heavy atom. The van der Waals surface area contributed by atoms with E-state index in [1.54, 1.807) is 18.2 Å². The van der Waals surface area contributed by atoms with Crippen molar-refractivity contribution in [2.75, 3.05) is 19.6 Å². The first-order valence-electron chi connectivity index (χ1n) is 8.53. The van der Waals surface area contributed by atoms with Gasteiger partial charge in [0.1, 0.15) is 0 Å². The van der Waals surface area contributed by atoms with E-state index < -0.39 is 10.0 Å². The van der Waals surface area contributed by atoms with Crippen molar-refractivity contribution in [2.45, 2.75) is 30.2 Å². The van der Waals surface area contributed by atoms with Crippen molar-refractivity contribution in [3.63, 3.8) is 0 Å². The molecule has 1 fully saturated rings. The maximum Gasteiger partial charge on any atom is 0.240 e. The number of amides is 1. The van der Waals surface area contributed by atoms with Gasteiger partial charge in [0, 0.05) is 19.0 Å². The number of rotatable bonds is 6. The fourth-order valence-corrected chi connectivity index (χ4v) is 4.05. The summed E-state index contributed by atoms with van der Waals surface area (Å²) in [6.45, 7) is 1.89. The summed E-state index contributed by atoms with van der Waals surface area (Å²) in [4.78, 5) is 12.2. The van der Waals surface area contributed by atoms with Gasteiger partial charge in [-0.05, 0) is 48.8 Å². The summed E-state index contributed by atoms with van der Waals surface area (Å²) >= 11 is 0. The van der Waals surface area contributed by atoms with E-state index in [0.29, 0.717) is 0 Å². The van der Waals surface area contributed by atoms with E-state index in [1.807, 2.05) is 24.3 Å². The second kappa shape index (κ2) is 9.32. The minimum atomic E-state index is -3.62. The van der Waals surface area contributed by atoms with E-state index in [0.717, 1.165) is 36.7 Å². The van der Waals surface area contributed by atoms with E-state index >= 15 is 0 Å². The predicted molar refractivity (Wildman–Crippen MR) is 105 cm³/mol. The Labute approximate surface area is 160 Å². The Kier molecular flexibility index (Phi) is 7.40. The molecule has 0 bridgehead atoms. The molecule has 0 aliphatic carbocycles. The Hall–Kier alpha value is -1.67. The quantitative estimate of drug-likeness (QED) is 0.693. The topological polar surface area (TPSA) is 87.3 Å². The molecule has 1 aliphatic heterocycles. The molecule has 142 valence electrons. The van der Waals surface area contributed by atoms with Crippen LogP contribution in [0.25, 0.3) is 10.8 Å². The maximum absolute atomic E-state index is 12.4. The highest BCUT2D eigenvalue weighted by atomic mass is 35.5. The average molecular weight is 398 g/mol. The van der Waals surface area contributed by atoms with E-state index in [2.05, 4.69) is 15.4 Å². The lowest BCUT2D eigenvalue weighted by atomic mass is 10.1. The van der Waals surface area contributed by atoms with Crippen molar-refractivity contribution < 1.29 is 13.2 Å². The molecule has 1 saturated heterocycles. The van der Waals surface area contributed by atoms with Crippen LogP contribution in [0.3, 0.4) is 0 Å². The van der Waals surface area contributed by atoms with E-state index in [-0.39, 0.29) is 42.2 Å². The number of sulfonamides is 1. The third kappa shape index (κ3) is 5.41. The van der Waals surface area contributed by atoms with Crippen molar-refractivity contribution in [3.8, 4) is 0 Å². The van der Waals surface area contributed by atoms with Crippen LogP contribution in [0.5, 0.6) is 0 Å². The maximum atomic E-state index is 12.4. The molecule has 0 saturated carbocycles. The Morgan fingerprint density at radius 2 is 1.77 bits per heavy atom. The molecule has 1 amide bonds. The highest BCUT2D eigenvalue weighted by Gasteiger charge is 2.17. The van der Waals surface area contributed by atoms with Gasteiger partial charge in [0.05, 0.1) is 4.90 Å². The lowest BCUT2D eigenvalue weighted by Crippen LogP contribution is -2.43. The van der Waals surface area contributed by atoms with Gasteiger partial charge in [0.25, 0.3) is 0 Å². The molecule has 1 aliphatic rings. The summed E-state index contributed by atoms with van der Waals surface area (Å²) in [7, 11) is -3.62. The highest BCUT2D eigenvalue weighted by Crippen LogP contribution is 2.18. The summed E-state index contributed by atoms with van der Waals surface area (Å²) in [6.07, 6.45) is 1.96. The lowest BCUT2D eigenvalue weighted by molar-refractivity contribution is -0.121. The second-order valence-electron chi connectivity index (χ2n) is 6.25. The van der Waals surface area contributed by atoms with Gasteiger partial charge in [-0.2, -0.15) is 0 Å². The molecule has 0 aromatic heterocycles. The molecule has 26 heavy (non-hydrogen) atoms. The second-order valence-corrected chi connectivity index (χ2v) is 8.02. The zero-order chi connectivity index (χ0) is 17.7. The normalized spacial score (nSPS) is 15.4. The van der Waals surface area contributed by atoms with E-state index in [9.17, 15) is 13.2 Å². The van der Waals surface area contributed by atoms with Gasteiger partial charge >= 0.3 is 0 Å². The zero-order valence-corrected chi connectivity index (χ0v) is 16.0. The SMILES string of the molecule is Cl.O=C(CCNS(=O)(=O)c1ccc2ccccc2c1)NC1CCNCC1. The van der Waals surface area contributed by atoms with Gasteiger partial charge in [0.15, 0.2) is 0 Å². The number of nitrogens with one attached hydrogen (secondary N) is 3. The van der Waals surface area contributed by atoms with Crippen molar-refractivity contribution in [2.24, 2.45) is 0 Å². The minimum Gasteiger partial charge on any atom is -0.353 e. The Morgan fingerprint density at radius 3 is 2.50 bits per heavy atom. The van der Waals surface area contributed by atoms with Gasteiger partial charge in [-0.15, -0.1) is 12.4 Å². The first-order valence-corrected chi connectivity index (χ1v) is 10.0. The summed E-state index contributed by atoms with van der Waals surface area (Å²) in [5.74, 6) is -0.117. The molecule has 2 aromatic carbocycles. The summed E-state index contributed by atoms with van der Waals surface area (Å²) in [5.41, 5.74) is 0. The number of hydrogen-bond donors (Lipinski definition) is 3. The third-order valence-corrected chi connectivity index (χ3v) is 5.84. The molecule has 8 heteroatoms. The number of halogens is 1. The largest absolute Gasteiger partial charge is 0.353 e. The number of benzene rings is 2. The van der Waals surface area contributed by atoms with Gasteiger partial charge in [-0.25, -0.2) is 13.1 Å². The van der Waals surface area contributed by atoms with Crippen molar-refractivity contribution in [1.82, 2.24) is 15.4 Å². The first-order chi connectivity index (χ1) is 12.0. The standard InChI is InChI=1S/C18H23N3O3S.ClH/c22-18(21-16-7-10-19-11-8-16)9-12-20-25(23,24)17-6-5-14-3-1-2-4-15(14)13-17;/h1-6,13,16,19-20H,7-12H2,(H,21,22);1H. The molecular weight excluding hydrogens is 374 g/mol. The molecule has 6 nitrogen and oxygen atoms in total. The highest BCUT2D eigenvalue weighted by molar-refractivity contribution is 7.89. The summed E-state index contributed by atoms with van der Waals surface area (Å²) in [6, 6.07) is 12.8. The molecule has 3 N–H and O–H groups in total. The van der Waals surface area contributed by atoms with Crippen LogP contribution in [0.2, 0.25) is 0 Å². The van der Waals surface area contributed by atoms with E-state index in [1.165, 1.54) is 0 Å². The number of carbonyl (C=O) groups is 1. The fourth-order valence-electron chi connectivity index (χ4n) is 2.98. The Balaban J connectivity index is 0.00000243.